The Hall–Kier alpha value is -2.63. The molecule has 2 aromatic rings. The average Bonchev–Trinajstić information content (AvgIpc) is 3.24. The van der Waals surface area contributed by atoms with Crippen LogP contribution < -0.4 is 0 Å². The number of nitrogens with zero attached hydrogens (tertiary/aromatic N) is 3. The number of amides is 1. The van der Waals surface area contributed by atoms with Gasteiger partial charge >= 0.3 is 5.97 Å². The standard InChI is InChI=1S/C20H23N3O3/c1-12-5-3-4-6-18(12)23-13(2)15(9-21-23)19(24)22-10-16(14-7-8-14)17(11-22)20(25)26/h3-6,9,14,16-17H,7-8,10-11H2,1-2H3,(H,25,26)/t16-,17+/m1/s1. The number of carboxylic acids is 1. The van der Waals surface area contributed by atoms with E-state index < -0.39 is 11.9 Å². The second-order valence-electron chi connectivity index (χ2n) is 7.50. The molecule has 6 heteroatoms. The summed E-state index contributed by atoms with van der Waals surface area (Å²) in [7, 11) is 0. The van der Waals surface area contributed by atoms with E-state index in [9.17, 15) is 14.7 Å². The first-order valence-corrected chi connectivity index (χ1v) is 9.10. The molecule has 6 nitrogen and oxygen atoms in total. The molecule has 1 aliphatic carbocycles. The summed E-state index contributed by atoms with van der Waals surface area (Å²) in [6, 6.07) is 7.90. The van der Waals surface area contributed by atoms with Gasteiger partial charge in [-0.15, -0.1) is 0 Å². The van der Waals surface area contributed by atoms with Crippen molar-refractivity contribution in [1.82, 2.24) is 14.7 Å². The van der Waals surface area contributed by atoms with Crippen LogP contribution in [0.4, 0.5) is 0 Å². The van der Waals surface area contributed by atoms with Gasteiger partial charge in [0.05, 0.1) is 29.1 Å². The van der Waals surface area contributed by atoms with Gasteiger partial charge in [0.1, 0.15) is 0 Å². The number of aryl methyl sites for hydroxylation is 1. The van der Waals surface area contributed by atoms with Crippen molar-refractivity contribution in [1.29, 1.82) is 0 Å². The van der Waals surface area contributed by atoms with Crippen LogP contribution >= 0.6 is 0 Å². The summed E-state index contributed by atoms with van der Waals surface area (Å²) in [6.07, 6.45) is 3.77. The van der Waals surface area contributed by atoms with E-state index >= 15 is 0 Å². The van der Waals surface area contributed by atoms with Gasteiger partial charge < -0.3 is 10.0 Å². The predicted molar refractivity (Wildman–Crippen MR) is 96.3 cm³/mol. The third-order valence-electron chi connectivity index (χ3n) is 5.78. The molecule has 0 bridgehead atoms. The molecule has 2 aliphatic rings. The Morgan fingerprint density at radius 3 is 2.54 bits per heavy atom. The van der Waals surface area contributed by atoms with Crippen molar-refractivity contribution in [2.45, 2.75) is 26.7 Å². The predicted octanol–water partition coefficient (Wildman–Crippen LogP) is 2.67. The monoisotopic (exact) mass is 353 g/mol. The van der Waals surface area contributed by atoms with Crippen LogP contribution in [0.15, 0.2) is 30.5 Å². The van der Waals surface area contributed by atoms with Crippen LogP contribution in [-0.2, 0) is 4.79 Å². The Kier molecular flexibility index (Phi) is 4.05. The molecule has 2 fully saturated rings. The normalized spacial score (nSPS) is 22.6. The summed E-state index contributed by atoms with van der Waals surface area (Å²) in [6.45, 7) is 4.73. The zero-order valence-electron chi connectivity index (χ0n) is 15.1. The number of hydrogen-bond acceptors (Lipinski definition) is 3. The van der Waals surface area contributed by atoms with E-state index in [1.54, 1.807) is 15.8 Å². The van der Waals surface area contributed by atoms with Gasteiger partial charge in [0.25, 0.3) is 5.91 Å². The van der Waals surface area contributed by atoms with E-state index in [2.05, 4.69) is 5.10 Å². The first kappa shape index (κ1) is 16.8. The zero-order chi connectivity index (χ0) is 18.4. The number of rotatable bonds is 4. The van der Waals surface area contributed by atoms with Crippen molar-refractivity contribution in [3.63, 3.8) is 0 Å². The lowest BCUT2D eigenvalue weighted by Crippen LogP contribution is -2.30. The Bertz CT molecular complexity index is 869. The summed E-state index contributed by atoms with van der Waals surface area (Å²) < 4.78 is 1.78. The topological polar surface area (TPSA) is 75.4 Å². The van der Waals surface area contributed by atoms with Crippen LogP contribution in [0.1, 0.15) is 34.5 Å². The van der Waals surface area contributed by atoms with E-state index in [1.165, 1.54) is 0 Å². The number of carbonyl (C=O) groups excluding carboxylic acids is 1. The fraction of sp³-hybridized carbons (Fsp3) is 0.450. The molecule has 1 saturated carbocycles. The highest BCUT2D eigenvalue weighted by molar-refractivity contribution is 5.95. The van der Waals surface area contributed by atoms with Crippen molar-refractivity contribution in [3.8, 4) is 5.69 Å². The van der Waals surface area contributed by atoms with Crippen molar-refractivity contribution in [2.24, 2.45) is 17.8 Å². The molecule has 136 valence electrons. The first-order valence-electron chi connectivity index (χ1n) is 9.10. The van der Waals surface area contributed by atoms with Crippen LogP contribution in [0.5, 0.6) is 0 Å². The lowest BCUT2D eigenvalue weighted by Gasteiger charge is -2.16. The third kappa shape index (κ3) is 2.79. The fourth-order valence-electron chi connectivity index (χ4n) is 4.09. The van der Waals surface area contributed by atoms with Gasteiger partial charge in [-0.2, -0.15) is 5.10 Å². The largest absolute Gasteiger partial charge is 0.481 e. The highest BCUT2D eigenvalue weighted by atomic mass is 16.4. The van der Waals surface area contributed by atoms with Gasteiger partial charge in [-0.25, -0.2) is 4.68 Å². The van der Waals surface area contributed by atoms with Crippen LogP contribution in [0.3, 0.4) is 0 Å². The van der Waals surface area contributed by atoms with Crippen LogP contribution in [0, 0.1) is 31.6 Å². The minimum Gasteiger partial charge on any atom is -0.481 e. The highest BCUT2D eigenvalue weighted by Gasteiger charge is 2.47. The second-order valence-corrected chi connectivity index (χ2v) is 7.50. The number of likely N-dealkylation sites (tertiary alicyclic amines) is 1. The van der Waals surface area contributed by atoms with Crippen LogP contribution in [0.2, 0.25) is 0 Å². The molecule has 1 amide bonds. The quantitative estimate of drug-likeness (QED) is 0.917. The maximum absolute atomic E-state index is 13.0. The Morgan fingerprint density at radius 2 is 1.88 bits per heavy atom. The summed E-state index contributed by atoms with van der Waals surface area (Å²) in [5, 5.41) is 13.9. The van der Waals surface area contributed by atoms with Crippen molar-refractivity contribution < 1.29 is 14.7 Å². The Balaban J connectivity index is 1.60. The van der Waals surface area contributed by atoms with Crippen molar-refractivity contribution in [2.75, 3.05) is 13.1 Å². The van der Waals surface area contributed by atoms with Gasteiger partial charge in [-0.1, -0.05) is 18.2 Å². The lowest BCUT2D eigenvalue weighted by atomic mass is 9.92. The average molecular weight is 353 g/mol. The minimum absolute atomic E-state index is 0.0863. The molecule has 1 N–H and O–H groups in total. The zero-order valence-corrected chi connectivity index (χ0v) is 15.1. The van der Waals surface area contributed by atoms with Gasteiger partial charge in [0.2, 0.25) is 0 Å². The van der Waals surface area contributed by atoms with Crippen LogP contribution in [-0.4, -0.2) is 44.8 Å². The SMILES string of the molecule is Cc1ccccc1-n1ncc(C(=O)N2C[C@H](C(=O)O)[C@@H](C3CC3)C2)c1C. The van der Waals surface area contributed by atoms with Gasteiger partial charge in [0.15, 0.2) is 0 Å². The van der Waals surface area contributed by atoms with Gasteiger partial charge in [0, 0.05) is 13.1 Å². The van der Waals surface area contributed by atoms with Gasteiger partial charge in [-0.3, -0.25) is 9.59 Å². The Morgan fingerprint density at radius 1 is 1.15 bits per heavy atom. The first-order chi connectivity index (χ1) is 12.5. The van der Waals surface area contributed by atoms with Crippen molar-refractivity contribution in [3.05, 3.63) is 47.3 Å². The summed E-state index contributed by atoms with van der Waals surface area (Å²) in [4.78, 5) is 26.3. The number of aromatic nitrogens is 2. The number of aliphatic carboxylic acids is 1. The van der Waals surface area contributed by atoms with E-state index in [0.717, 1.165) is 29.8 Å². The molecular formula is C20H23N3O3. The molecule has 2 heterocycles. The molecule has 0 unspecified atom stereocenters. The number of carboxylic acid groups (broad SMARTS) is 1. The van der Waals surface area contributed by atoms with Crippen molar-refractivity contribution >= 4 is 11.9 Å². The Labute approximate surface area is 152 Å². The molecule has 1 aromatic carbocycles. The van der Waals surface area contributed by atoms with Crippen LogP contribution in [0.25, 0.3) is 5.69 Å². The molecule has 2 atom stereocenters. The van der Waals surface area contributed by atoms with Gasteiger partial charge in [-0.05, 0) is 50.2 Å². The molecule has 1 aliphatic heterocycles. The molecule has 0 radical (unpaired) electrons. The lowest BCUT2D eigenvalue weighted by molar-refractivity contribution is -0.142. The molecular weight excluding hydrogens is 330 g/mol. The molecule has 4 rings (SSSR count). The molecule has 1 saturated heterocycles. The van der Waals surface area contributed by atoms with E-state index in [0.29, 0.717) is 24.6 Å². The third-order valence-corrected chi connectivity index (χ3v) is 5.78. The van der Waals surface area contributed by atoms with E-state index in [-0.39, 0.29) is 11.8 Å². The number of benzene rings is 1. The summed E-state index contributed by atoms with van der Waals surface area (Å²) in [5.41, 5.74) is 3.36. The van der Waals surface area contributed by atoms with E-state index in [4.69, 9.17) is 0 Å². The maximum Gasteiger partial charge on any atom is 0.308 e. The molecule has 1 aromatic heterocycles. The number of hydrogen-bond donors (Lipinski definition) is 1. The maximum atomic E-state index is 13.0. The fourth-order valence-corrected chi connectivity index (χ4v) is 4.09. The summed E-state index contributed by atoms with van der Waals surface area (Å²) >= 11 is 0. The number of para-hydroxylation sites is 1. The van der Waals surface area contributed by atoms with E-state index in [1.807, 2.05) is 38.1 Å². The molecule has 26 heavy (non-hydrogen) atoms. The minimum atomic E-state index is -0.787. The second kappa shape index (κ2) is 6.27. The number of carbonyl (C=O) groups is 2. The summed E-state index contributed by atoms with van der Waals surface area (Å²) in [5.74, 6) is -0.799. The molecule has 0 spiro atoms. The highest BCUT2D eigenvalue weighted by Crippen LogP contribution is 2.44. The smallest absolute Gasteiger partial charge is 0.308 e.